The van der Waals surface area contributed by atoms with E-state index in [4.69, 9.17) is 9.47 Å². The molecule has 0 radical (unpaired) electrons. The van der Waals surface area contributed by atoms with Crippen molar-refractivity contribution in [3.63, 3.8) is 0 Å². The molecule has 1 aliphatic rings. The van der Waals surface area contributed by atoms with Crippen LogP contribution in [0.4, 0.5) is 0 Å². The monoisotopic (exact) mass is 328 g/mol. The Kier molecular flexibility index (Phi) is 4.64. The van der Waals surface area contributed by atoms with E-state index in [0.717, 1.165) is 18.4 Å². The van der Waals surface area contributed by atoms with Crippen LogP contribution in [0.2, 0.25) is 0 Å². The molecule has 126 valence electrons. The van der Waals surface area contributed by atoms with Gasteiger partial charge >= 0.3 is 11.9 Å². The maximum absolute atomic E-state index is 12.5. The second kappa shape index (κ2) is 6.86. The van der Waals surface area contributed by atoms with Crippen LogP contribution in [0.25, 0.3) is 0 Å². The SMILES string of the molecule is COC(=O)C(OC(=O)c1cncn1C(C)c1ccccc1)C1CC1. The average Bonchev–Trinajstić information content (AvgIpc) is 3.34. The normalized spacial score (nSPS) is 16.2. The van der Waals surface area contributed by atoms with E-state index in [1.54, 1.807) is 10.9 Å². The maximum Gasteiger partial charge on any atom is 0.357 e. The van der Waals surface area contributed by atoms with E-state index in [0.29, 0.717) is 5.69 Å². The molecule has 3 rings (SSSR count). The van der Waals surface area contributed by atoms with E-state index in [1.807, 2.05) is 37.3 Å². The smallest absolute Gasteiger partial charge is 0.357 e. The van der Waals surface area contributed by atoms with Gasteiger partial charge in [0.2, 0.25) is 6.10 Å². The summed E-state index contributed by atoms with van der Waals surface area (Å²) in [5, 5.41) is 0. The van der Waals surface area contributed by atoms with Crippen molar-refractivity contribution in [2.45, 2.75) is 31.9 Å². The van der Waals surface area contributed by atoms with Crippen LogP contribution in [0, 0.1) is 5.92 Å². The number of ether oxygens (including phenoxy) is 2. The van der Waals surface area contributed by atoms with Crippen molar-refractivity contribution in [3.05, 3.63) is 54.1 Å². The van der Waals surface area contributed by atoms with E-state index >= 15 is 0 Å². The van der Waals surface area contributed by atoms with Gasteiger partial charge in [-0.2, -0.15) is 0 Å². The molecule has 1 aromatic carbocycles. The highest BCUT2D eigenvalue weighted by Gasteiger charge is 2.40. The van der Waals surface area contributed by atoms with Crippen LogP contribution < -0.4 is 0 Å². The van der Waals surface area contributed by atoms with Crippen LogP contribution in [0.3, 0.4) is 0 Å². The first-order chi connectivity index (χ1) is 11.6. The first-order valence-electron chi connectivity index (χ1n) is 7.97. The fourth-order valence-corrected chi connectivity index (χ4v) is 2.69. The van der Waals surface area contributed by atoms with Crippen LogP contribution in [-0.2, 0) is 14.3 Å². The van der Waals surface area contributed by atoms with Gasteiger partial charge in [0.15, 0.2) is 0 Å². The summed E-state index contributed by atoms with van der Waals surface area (Å²) in [7, 11) is 1.30. The van der Waals surface area contributed by atoms with Crippen LogP contribution >= 0.6 is 0 Å². The van der Waals surface area contributed by atoms with Crippen molar-refractivity contribution in [2.75, 3.05) is 7.11 Å². The highest BCUT2D eigenvalue weighted by atomic mass is 16.6. The molecular formula is C18H20N2O4. The Hall–Kier alpha value is -2.63. The lowest BCUT2D eigenvalue weighted by molar-refractivity contribution is -0.152. The Balaban J connectivity index is 1.79. The van der Waals surface area contributed by atoms with Gasteiger partial charge in [-0.1, -0.05) is 30.3 Å². The third kappa shape index (κ3) is 3.32. The highest BCUT2D eigenvalue weighted by molar-refractivity contribution is 5.90. The van der Waals surface area contributed by atoms with Gasteiger partial charge in [-0.25, -0.2) is 14.6 Å². The van der Waals surface area contributed by atoms with Gasteiger partial charge in [-0.3, -0.25) is 0 Å². The summed E-state index contributed by atoms with van der Waals surface area (Å²) in [5.74, 6) is -1.00. The highest BCUT2D eigenvalue weighted by Crippen LogP contribution is 2.35. The molecule has 0 amide bonds. The fraction of sp³-hybridized carbons (Fsp3) is 0.389. The Labute approximate surface area is 140 Å². The second-order valence-corrected chi connectivity index (χ2v) is 5.96. The van der Waals surface area contributed by atoms with Crippen molar-refractivity contribution in [1.29, 1.82) is 0 Å². The van der Waals surface area contributed by atoms with Crippen LogP contribution in [0.5, 0.6) is 0 Å². The van der Waals surface area contributed by atoms with Crippen molar-refractivity contribution >= 4 is 11.9 Å². The molecule has 1 fully saturated rings. The lowest BCUT2D eigenvalue weighted by Crippen LogP contribution is -2.31. The molecule has 2 atom stereocenters. The standard InChI is InChI=1S/C18H20N2O4/c1-12(13-6-4-3-5-7-13)20-11-19-10-15(20)17(21)24-16(14-8-9-14)18(22)23-2/h3-7,10-12,14,16H,8-9H2,1-2H3. The van der Waals surface area contributed by atoms with Crippen LogP contribution in [0.1, 0.15) is 41.9 Å². The number of benzene rings is 1. The molecule has 0 aliphatic heterocycles. The van der Waals surface area contributed by atoms with Crippen LogP contribution in [-0.4, -0.2) is 34.7 Å². The minimum absolute atomic E-state index is 0.0596. The number of carbonyl (C=O) groups is 2. The van der Waals surface area contributed by atoms with E-state index < -0.39 is 18.0 Å². The minimum Gasteiger partial charge on any atom is -0.466 e. The number of aromatic nitrogens is 2. The molecule has 1 aromatic heterocycles. The van der Waals surface area contributed by atoms with E-state index in [-0.39, 0.29) is 12.0 Å². The number of carbonyl (C=O) groups excluding carboxylic acids is 2. The Morgan fingerprint density at radius 1 is 1.25 bits per heavy atom. The summed E-state index contributed by atoms with van der Waals surface area (Å²) in [6.07, 6.45) is 3.96. The largest absolute Gasteiger partial charge is 0.466 e. The molecule has 0 N–H and O–H groups in total. The number of nitrogens with zero attached hydrogens (tertiary/aromatic N) is 2. The summed E-state index contributed by atoms with van der Waals surface area (Å²) in [6.45, 7) is 1.98. The third-order valence-corrected chi connectivity index (χ3v) is 4.29. The first-order valence-corrected chi connectivity index (χ1v) is 7.97. The number of esters is 2. The zero-order valence-electron chi connectivity index (χ0n) is 13.7. The summed E-state index contributed by atoms with van der Waals surface area (Å²) in [4.78, 5) is 28.4. The van der Waals surface area contributed by atoms with Gasteiger partial charge in [0, 0.05) is 5.92 Å². The Morgan fingerprint density at radius 2 is 1.96 bits per heavy atom. The molecule has 6 nitrogen and oxygen atoms in total. The van der Waals surface area contributed by atoms with Crippen molar-refractivity contribution < 1.29 is 19.1 Å². The number of hydrogen-bond acceptors (Lipinski definition) is 5. The molecular weight excluding hydrogens is 308 g/mol. The van der Waals surface area contributed by atoms with E-state index in [2.05, 4.69) is 4.98 Å². The Bertz CT molecular complexity index is 722. The number of hydrogen-bond donors (Lipinski definition) is 0. The predicted molar refractivity (Wildman–Crippen MR) is 86.4 cm³/mol. The number of rotatable bonds is 6. The quantitative estimate of drug-likeness (QED) is 0.762. The molecule has 1 heterocycles. The van der Waals surface area contributed by atoms with E-state index in [9.17, 15) is 9.59 Å². The van der Waals surface area contributed by atoms with Gasteiger partial charge in [-0.15, -0.1) is 0 Å². The van der Waals surface area contributed by atoms with Crippen molar-refractivity contribution in [3.8, 4) is 0 Å². The first kappa shape index (κ1) is 16.2. The molecule has 0 bridgehead atoms. The lowest BCUT2D eigenvalue weighted by Gasteiger charge is -2.18. The van der Waals surface area contributed by atoms with Gasteiger partial charge < -0.3 is 14.0 Å². The van der Waals surface area contributed by atoms with Gasteiger partial charge in [0.05, 0.1) is 25.7 Å². The van der Waals surface area contributed by atoms with Crippen LogP contribution in [0.15, 0.2) is 42.9 Å². The number of imidazole rings is 1. The van der Waals surface area contributed by atoms with Crippen molar-refractivity contribution in [2.24, 2.45) is 5.92 Å². The molecule has 2 aromatic rings. The molecule has 1 aliphatic carbocycles. The summed E-state index contributed by atoms with van der Waals surface area (Å²) in [5.41, 5.74) is 1.37. The predicted octanol–water partition coefficient (Wildman–Crippen LogP) is 2.60. The average molecular weight is 328 g/mol. The zero-order chi connectivity index (χ0) is 17.1. The molecule has 24 heavy (non-hydrogen) atoms. The lowest BCUT2D eigenvalue weighted by atomic mass is 10.1. The fourth-order valence-electron chi connectivity index (χ4n) is 2.69. The zero-order valence-corrected chi connectivity index (χ0v) is 13.7. The van der Waals surface area contributed by atoms with Gasteiger partial charge in [0.25, 0.3) is 0 Å². The molecule has 0 saturated heterocycles. The van der Waals surface area contributed by atoms with E-state index in [1.165, 1.54) is 13.3 Å². The maximum atomic E-state index is 12.5. The topological polar surface area (TPSA) is 70.4 Å². The van der Waals surface area contributed by atoms with Gasteiger partial charge in [-0.05, 0) is 25.3 Å². The second-order valence-electron chi connectivity index (χ2n) is 5.96. The van der Waals surface area contributed by atoms with Crippen molar-refractivity contribution in [1.82, 2.24) is 9.55 Å². The molecule has 6 heteroatoms. The summed E-state index contributed by atoms with van der Waals surface area (Å²) < 4.78 is 11.9. The molecule has 2 unspecified atom stereocenters. The minimum atomic E-state index is -0.835. The molecule has 1 saturated carbocycles. The molecule has 0 spiro atoms. The third-order valence-electron chi connectivity index (χ3n) is 4.29. The number of methoxy groups -OCH3 is 1. The van der Waals surface area contributed by atoms with Gasteiger partial charge in [0.1, 0.15) is 5.69 Å². The summed E-state index contributed by atoms with van der Waals surface area (Å²) >= 11 is 0. The summed E-state index contributed by atoms with van der Waals surface area (Å²) in [6, 6.07) is 9.73. The Morgan fingerprint density at radius 3 is 2.58 bits per heavy atom.